The number of hydrogen-bond donors (Lipinski definition) is 0. The number of esters is 2. The molecule has 176 valence electrons. The van der Waals surface area contributed by atoms with Crippen LogP contribution in [0.4, 0.5) is 0 Å². The number of carbonyl (C=O) groups is 2. The van der Waals surface area contributed by atoms with Crippen LogP contribution in [0, 0.1) is 0 Å². The van der Waals surface area contributed by atoms with Gasteiger partial charge in [0.25, 0.3) is 0 Å². The van der Waals surface area contributed by atoms with E-state index in [-0.39, 0.29) is 50.2 Å². The Morgan fingerprint density at radius 3 is 1.58 bits per heavy atom. The van der Waals surface area contributed by atoms with Crippen molar-refractivity contribution in [1.29, 1.82) is 0 Å². The summed E-state index contributed by atoms with van der Waals surface area (Å²) < 4.78 is 32.4. The Hall–Kier alpha value is -3.10. The lowest BCUT2D eigenvalue weighted by Gasteiger charge is -2.12. The van der Waals surface area contributed by atoms with Crippen molar-refractivity contribution in [3.05, 3.63) is 59.7 Å². The summed E-state index contributed by atoms with van der Waals surface area (Å²) in [4.78, 5) is 24.2. The molecule has 0 N–H and O–H groups in total. The maximum absolute atomic E-state index is 12.1. The van der Waals surface area contributed by atoms with Gasteiger partial charge in [0.1, 0.15) is 50.1 Å². The van der Waals surface area contributed by atoms with Gasteiger partial charge in [-0.3, -0.25) is 9.59 Å². The molecule has 0 aromatic heterocycles. The van der Waals surface area contributed by atoms with Crippen molar-refractivity contribution in [3.63, 3.8) is 0 Å². The van der Waals surface area contributed by atoms with Crippen LogP contribution < -0.4 is 9.47 Å². The van der Waals surface area contributed by atoms with Crippen molar-refractivity contribution in [1.82, 2.24) is 0 Å². The van der Waals surface area contributed by atoms with E-state index in [1.807, 2.05) is 48.5 Å². The highest BCUT2D eigenvalue weighted by Crippen LogP contribution is 2.22. The van der Waals surface area contributed by atoms with Crippen LogP contribution in [0.5, 0.6) is 11.5 Å². The Bertz CT molecular complexity index is 860. The average molecular weight is 456 g/mol. The first-order valence-corrected chi connectivity index (χ1v) is 11.1. The molecule has 2 aromatic carbocycles. The van der Waals surface area contributed by atoms with Crippen LogP contribution in [0.1, 0.15) is 30.4 Å². The monoisotopic (exact) mass is 456 g/mol. The highest BCUT2D eigenvalue weighted by Gasteiger charge is 2.24. The summed E-state index contributed by atoms with van der Waals surface area (Å²) in [6.45, 7) is 2.64. The number of ether oxygens (including phenoxy) is 6. The van der Waals surface area contributed by atoms with Crippen LogP contribution in [0.3, 0.4) is 0 Å². The Morgan fingerprint density at radius 2 is 1.15 bits per heavy atom. The van der Waals surface area contributed by atoms with E-state index in [0.29, 0.717) is 31.1 Å². The molecule has 2 fully saturated rings. The lowest BCUT2D eigenvalue weighted by molar-refractivity contribution is -0.146. The molecule has 0 saturated carbocycles. The standard InChI is InChI=1S/C25H28O8/c26-24(32-12-18-6-1-3-8-22(18)30-16-20-14-28-20)10-5-11-25(27)33-13-19-7-2-4-9-23(19)31-17-21-15-29-21/h1-4,6-9,20-21H,5,10-17H2. The quantitative estimate of drug-likeness (QED) is 0.316. The van der Waals surface area contributed by atoms with E-state index in [1.54, 1.807) is 0 Å². The number of epoxide rings is 2. The minimum atomic E-state index is -0.371. The molecule has 0 amide bonds. The average Bonchev–Trinajstić information content (AvgIpc) is 3.75. The Balaban J connectivity index is 1.12. The molecule has 8 nitrogen and oxygen atoms in total. The first kappa shape index (κ1) is 23.1. The van der Waals surface area contributed by atoms with Gasteiger partial charge in [-0.25, -0.2) is 0 Å². The van der Waals surface area contributed by atoms with Gasteiger partial charge in [0, 0.05) is 24.0 Å². The Labute approximate surface area is 192 Å². The molecule has 0 aliphatic carbocycles. The summed E-state index contributed by atoms with van der Waals surface area (Å²) >= 11 is 0. The SMILES string of the molecule is O=C(CCCC(=O)OCc1ccccc1OCC1CO1)OCc1ccccc1OCC1CO1. The molecular weight excluding hydrogens is 428 g/mol. The third kappa shape index (κ3) is 8.07. The van der Waals surface area contributed by atoms with Crippen LogP contribution in [0.25, 0.3) is 0 Å². The number of carbonyl (C=O) groups excluding carboxylic acids is 2. The molecule has 2 heterocycles. The molecule has 33 heavy (non-hydrogen) atoms. The zero-order chi connectivity index (χ0) is 22.9. The number of rotatable bonds is 14. The van der Waals surface area contributed by atoms with Gasteiger partial charge < -0.3 is 28.4 Å². The highest BCUT2D eigenvalue weighted by molar-refractivity contribution is 5.72. The summed E-state index contributed by atoms with van der Waals surface area (Å²) in [7, 11) is 0. The molecule has 2 aliphatic heterocycles. The van der Waals surface area contributed by atoms with Crippen molar-refractivity contribution in [2.45, 2.75) is 44.7 Å². The van der Waals surface area contributed by atoms with E-state index < -0.39 is 0 Å². The van der Waals surface area contributed by atoms with Crippen molar-refractivity contribution < 1.29 is 38.0 Å². The zero-order valence-electron chi connectivity index (χ0n) is 18.4. The van der Waals surface area contributed by atoms with E-state index in [9.17, 15) is 9.59 Å². The van der Waals surface area contributed by atoms with E-state index in [2.05, 4.69) is 0 Å². The third-order valence-electron chi connectivity index (χ3n) is 5.14. The second kappa shape index (κ2) is 11.7. The molecule has 2 atom stereocenters. The van der Waals surface area contributed by atoms with Crippen LogP contribution >= 0.6 is 0 Å². The van der Waals surface area contributed by atoms with Crippen molar-refractivity contribution in [2.75, 3.05) is 26.4 Å². The first-order chi connectivity index (χ1) is 16.2. The van der Waals surface area contributed by atoms with E-state index in [4.69, 9.17) is 28.4 Å². The molecule has 0 radical (unpaired) electrons. The molecule has 2 aliphatic rings. The summed E-state index contributed by atoms with van der Waals surface area (Å²) in [6, 6.07) is 14.8. The fraction of sp³-hybridized carbons (Fsp3) is 0.440. The maximum atomic E-state index is 12.1. The lowest BCUT2D eigenvalue weighted by atomic mass is 10.2. The van der Waals surface area contributed by atoms with Gasteiger partial charge in [-0.05, 0) is 18.6 Å². The first-order valence-electron chi connectivity index (χ1n) is 11.1. The van der Waals surface area contributed by atoms with Gasteiger partial charge in [-0.2, -0.15) is 0 Å². The molecular formula is C25H28O8. The Kier molecular flexibility index (Phi) is 8.16. The minimum absolute atomic E-state index is 0.119. The van der Waals surface area contributed by atoms with Crippen LogP contribution in [0.2, 0.25) is 0 Å². The van der Waals surface area contributed by atoms with Crippen LogP contribution in [-0.2, 0) is 41.8 Å². The van der Waals surface area contributed by atoms with E-state index >= 15 is 0 Å². The number of para-hydroxylation sites is 2. The fourth-order valence-corrected chi connectivity index (χ4v) is 3.06. The second-order valence-electron chi connectivity index (χ2n) is 7.92. The highest BCUT2D eigenvalue weighted by atomic mass is 16.6. The summed E-state index contributed by atoms with van der Waals surface area (Å²) in [6.07, 6.45) is 0.924. The van der Waals surface area contributed by atoms with Gasteiger partial charge in [-0.1, -0.05) is 36.4 Å². The van der Waals surface area contributed by atoms with Gasteiger partial charge in [0.2, 0.25) is 0 Å². The predicted octanol–water partition coefficient (Wildman–Crippen LogP) is 3.20. The van der Waals surface area contributed by atoms with Crippen LogP contribution in [-0.4, -0.2) is 50.6 Å². The number of benzene rings is 2. The van der Waals surface area contributed by atoms with Crippen molar-refractivity contribution in [2.24, 2.45) is 0 Å². The Morgan fingerprint density at radius 1 is 0.727 bits per heavy atom. The fourth-order valence-electron chi connectivity index (χ4n) is 3.06. The third-order valence-corrected chi connectivity index (χ3v) is 5.14. The minimum Gasteiger partial charge on any atom is -0.490 e. The molecule has 4 rings (SSSR count). The molecule has 0 spiro atoms. The smallest absolute Gasteiger partial charge is 0.306 e. The van der Waals surface area contributed by atoms with Crippen molar-refractivity contribution in [3.8, 4) is 11.5 Å². The van der Waals surface area contributed by atoms with E-state index in [1.165, 1.54) is 0 Å². The molecule has 2 saturated heterocycles. The van der Waals surface area contributed by atoms with Gasteiger partial charge >= 0.3 is 11.9 Å². The second-order valence-corrected chi connectivity index (χ2v) is 7.92. The summed E-state index contributed by atoms with van der Waals surface area (Å²) in [5, 5.41) is 0. The molecule has 2 unspecified atom stereocenters. The zero-order valence-corrected chi connectivity index (χ0v) is 18.4. The van der Waals surface area contributed by atoms with Crippen molar-refractivity contribution >= 4 is 11.9 Å². The van der Waals surface area contributed by atoms with Gasteiger partial charge in [0.05, 0.1) is 13.2 Å². The topological polar surface area (TPSA) is 96.1 Å². The predicted molar refractivity (Wildman–Crippen MR) is 117 cm³/mol. The lowest BCUT2D eigenvalue weighted by Crippen LogP contribution is -2.10. The normalized spacial score (nSPS) is 18.3. The summed E-state index contributed by atoms with van der Waals surface area (Å²) in [5.41, 5.74) is 1.58. The van der Waals surface area contributed by atoms with Gasteiger partial charge in [0.15, 0.2) is 0 Å². The van der Waals surface area contributed by atoms with Crippen LogP contribution in [0.15, 0.2) is 48.5 Å². The molecule has 0 bridgehead atoms. The van der Waals surface area contributed by atoms with Gasteiger partial charge in [-0.15, -0.1) is 0 Å². The largest absolute Gasteiger partial charge is 0.490 e. The number of hydrogen-bond acceptors (Lipinski definition) is 8. The summed E-state index contributed by atoms with van der Waals surface area (Å²) in [5.74, 6) is 0.616. The molecule has 8 heteroatoms. The maximum Gasteiger partial charge on any atom is 0.306 e. The van der Waals surface area contributed by atoms with E-state index in [0.717, 1.165) is 24.3 Å². The molecule has 2 aromatic rings.